The molecule has 3 nitrogen and oxygen atoms in total. The van der Waals surface area contributed by atoms with Crippen LogP contribution in [0.5, 0.6) is 0 Å². The van der Waals surface area contributed by atoms with Gasteiger partial charge < -0.3 is 4.57 Å². The van der Waals surface area contributed by atoms with E-state index in [0.29, 0.717) is 17.4 Å². The summed E-state index contributed by atoms with van der Waals surface area (Å²) < 4.78 is 2.00. The molecule has 0 bridgehead atoms. The fourth-order valence-electron chi connectivity index (χ4n) is 3.07. The van der Waals surface area contributed by atoms with E-state index in [9.17, 15) is 9.59 Å². The highest BCUT2D eigenvalue weighted by Gasteiger charge is 2.34. The largest absolute Gasteiger partial charge is 0.347 e. The summed E-state index contributed by atoms with van der Waals surface area (Å²) in [7, 11) is 1.94. The number of para-hydroxylation sites is 1. The van der Waals surface area contributed by atoms with Crippen LogP contribution in [-0.4, -0.2) is 10.4 Å². The zero-order valence-corrected chi connectivity index (χ0v) is 11.5. The summed E-state index contributed by atoms with van der Waals surface area (Å²) in [5, 5.41) is 0.636. The van der Waals surface area contributed by atoms with Gasteiger partial charge in [0.2, 0.25) is 0 Å². The van der Waals surface area contributed by atoms with Crippen molar-refractivity contribution in [2.75, 3.05) is 0 Å². The fourth-order valence-corrected chi connectivity index (χ4v) is 3.07. The van der Waals surface area contributed by atoms with Crippen molar-refractivity contribution in [1.82, 2.24) is 4.57 Å². The molecule has 0 saturated heterocycles. The van der Waals surface area contributed by atoms with Gasteiger partial charge in [0.05, 0.1) is 11.1 Å². The molecule has 0 amide bonds. The Balaban J connectivity index is 2.46. The van der Waals surface area contributed by atoms with E-state index in [0.717, 1.165) is 17.6 Å². The first-order chi connectivity index (χ1) is 8.91. The molecule has 2 aromatic rings. The summed E-state index contributed by atoms with van der Waals surface area (Å²) in [6.45, 7) is 4.15. The summed E-state index contributed by atoms with van der Waals surface area (Å²) >= 11 is 0. The van der Waals surface area contributed by atoms with E-state index >= 15 is 0 Å². The molecule has 0 aliphatic heterocycles. The van der Waals surface area contributed by atoms with Gasteiger partial charge in [-0.2, -0.15) is 0 Å². The second-order valence-corrected chi connectivity index (χ2v) is 6.17. The fraction of sp³-hybridized carbons (Fsp3) is 0.375. The van der Waals surface area contributed by atoms with Gasteiger partial charge in [-0.3, -0.25) is 9.59 Å². The van der Waals surface area contributed by atoms with E-state index in [4.69, 9.17) is 0 Å². The predicted octanol–water partition coefficient (Wildman–Crippen LogP) is 2.69. The summed E-state index contributed by atoms with van der Waals surface area (Å²) in [4.78, 5) is 24.8. The number of nitrogens with zero attached hydrogens (tertiary/aromatic N) is 1. The molecule has 1 aromatic heterocycles. The minimum absolute atomic E-state index is 0.0161. The van der Waals surface area contributed by atoms with E-state index in [1.54, 1.807) is 6.07 Å². The quantitative estimate of drug-likeness (QED) is 0.726. The van der Waals surface area contributed by atoms with Gasteiger partial charge in [-0.25, -0.2) is 0 Å². The van der Waals surface area contributed by atoms with Crippen LogP contribution in [0.25, 0.3) is 10.9 Å². The van der Waals surface area contributed by atoms with Crippen LogP contribution in [-0.2, 0) is 13.5 Å². The number of carbonyl (C=O) groups excluding carboxylic acids is 1. The van der Waals surface area contributed by atoms with E-state index in [-0.39, 0.29) is 16.6 Å². The Bertz CT molecular complexity index is 753. The molecule has 3 heteroatoms. The SMILES string of the molecule is Cn1c2c(c(=O)c3ccccc31)C(=O)CC(C)(C)C2. The van der Waals surface area contributed by atoms with E-state index in [1.165, 1.54) is 0 Å². The second-order valence-electron chi connectivity index (χ2n) is 6.17. The molecule has 98 valence electrons. The van der Waals surface area contributed by atoms with Crippen molar-refractivity contribution in [3.8, 4) is 0 Å². The Hall–Kier alpha value is -1.90. The van der Waals surface area contributed by atoms with Gasteiger partial charge in [0.1, 0.15) is 0 Å². The highest BCUT2D eigenvalue weighted by atomic mass is 16.1. The molecule has 19 heavy (non-hydrogen) atoms. The maximum absolute atomic E-state index is 12.5. The number of pyridine rings is 1. The molecular formula is C16H17NO2. The molecule has 0 saturated carbocycles. The molecule has 3 rings (SSSR count). The number of hydrogen-bond acceptors (Lipinski definition) is 2. The zero-order valence-electron chi connectivity index (χ0n) is 11.5. The highest BCUT2D eigenvalue weighted by Crippen LogP contribution is 2.34. The summed E-state index contributed by atoms with van der Waals surface area (Å²) in [6.07, 6.45) is 1.22. The lowest BCUT2D eigenvalue weighted by atomic mass is 9.75. The Labute approximate surface area is 111 Å². The van der Waals surface area contributed by atoms with Gasteiger partial charge in [0, 0.05) is 24.5 Å². The Kier molecular flexibility index (Phi) is 2.43. The minimum atomic E-state index is -0.107. The Morgan fingerprint density at radius 2 is 1.79 bits per heavy atom. The topological polar surface area (TPSA) is 39.1 Å². The molecule has 0 atom stereocenters. The lowest BCUT2D eigenvalue weighted by Gasteiger charge is -2.31. The number of ketones is 1. The first-order valence-electron chi connectivity index (χ1n) is 6.54. The van der Waals surface area contributed by atoms with Gasteiger partial charge >= 0.3 is 0 Å². The highest BCUT2D eigenvalue weighted by molar-refractivity contribution is 6.01. The van der Waals surface area contributed by atoms with Crippen LogP contribution in [0.15, 0.2) is 29.1 Å². The molecule has 1 aromatic carbocycles. The van der Waals surface area contributed by atoms with Gasteiger partial charge in [-0.15, -0.1) is 0 Å². The monoisotopic (exact) mass is 255 g/mol. The number of rotatable bonds is 0. The van der Waals surface area contributed by atoms with E-state index in [1.807, 2.05) is 29.8 Å². The third-order valence-electron chi connectivity index (χ3n) is 3.99. The normalized spacial score (nSPS) is 17.5. The van der Waals surface area contributed by atoms with Crippen molar-refractivity contribution in [3.63, 3.8) is 0 Å². The second kappa shape index (κ2) is 3.80. The average molecular weight is 255 g/mol. The third kappa shape index (κ3) is 1.72. The summed E-state index contributed by atoms with van der Waals surface area (Å²) in [6, 6.07) is 7.49. The van der Waals surface area contributed by atoms with Crippen molar-refractivity contribution in [2.24, 2.45) is 12.5 Å². The van der Waals surface area contributed by atoms with Crippen molar-refractivity contribution >= 4 is 16.7 Å². The maximum Gasteiger partial charge on any atom is 0.200 e. The molecule has 0 N–H and O–H groups in total. The van der Waals surface area contributed by atoms with Gasteiger partial charge in [0.25, 0.3) is 0 Å². The standard InChI is InChI=1S/C16H17NO2/c1-16(2)8-12-14(13(18)9-16)15(19)10-6-4-5-7-11(10)17(12)3/h4-7H,8-9H2,1-3H3. The molecule has 0 fully saturated rings. The minimum Gasteiger partial charge on any atom is -0.347 e. The smallest absolute Gasteiger partial charge is 0.200 e. The predicted molar refractivity (Wildman–Crippen MR) is 75.6 cm³/mol. The van der Waals surface area contributed by atoms with E-state index in [2.05, 4.69) is 13.8 Å². The van der Waals surface area contributed by atoms with Crippen LogP contribution in [0, 0.1) is 5.41 Å². The van der Waals surface area contributed by atoms with Gasteiger partial charge in [0.15, 0.2) is 11.2 Å². The Morgan fingerprint density at radius 3 is 2.53 bits per heavy atom. The van der Waals surface area contributed by atoms with Crippen molar-refractivity contribution in [1.29, 1.82) is 0 Å². The number of Topliss-reactive ketones (excluding diaryl/α,β-unsaturated/α-hetero) is 1. The van der Waals surface area contributed by atoms with Crippen LogP contribution in [0.2, 0.25) is 0 Å². The number of benzene rings is 1. The third-order valence-corrected chi connectivity index (χ3v) is 3.99. The zero-order chi connectivity index (χ0) is 13.8. The van der Waals surface area contributed by atoms with Crippen LogP contribution < -0.4 is 5.43 Å². The Morgan fingerprint density at radius 1 is 1.11 bits per heavy atom. The lowest BCUT2D eigenvalue weighted by Crippen LogP contribution is -2.34. The first-order valence-corrected chi connectivity index (χ1v) is 6.54. The molecule has 0 radical (unpaired) electrons. The number of carbonyl (C=O) groups is 1. The van der Waals surface area contributed by atoms with Crippen molar-refractivity contribution < 1.29 is 4.79 Å². The lowest BCUT2D eigenvalue weighted by molar-refractivity contribution is 0.0907. The summed E-state index contributed by atoms with van der Waals surface area (Å²) in [5.74, 6) is -0.0161. The molecule has 0 unspecified atom stereocenters. The van der Waals surface area contributed by atoms with Crippen LogP contribution >= 0.6 is 0 Å². The van der Waals surface area contributed by atoms with Gasteiger partial charge in [-0.05, 0) is 24.0 Å². The first kappa shape index (κ1) is 12.2. The molecule has 0 spiro atoms. The molecule has 1 aliphatic carbocycles. The number of aromatic nitrogens is 1. The average Bonchev–Trinajstić information content (AvgIpc) is 2.34. The van der Waals surface area contributed by atoms with Crippen LogP contribution in [0.4, 0.5) is 0 Å². The molecule has 1 aliphatic rings. The molecule has 1 heterocycles. The van der Waals surface area contributed by atoms with Crippen molar-refractivity contribution in [2.45, 2.75) is 26.7 Å². The van der Waals surface area contributed by atoms with Crippen LogP contribution in [0.3, 0.4) is 0 Å². The maximum atomic E-state index is 12.5. The summed E-state index contributed by atoms with van der Waals surface area (Å²) in [5.41, 5.74) is 2.00. The van der Waals surface area contributed by atoms with Crippen molar-refractivity contribution in [3.05, 3.63) is 45.7 Å². The number of aryl methyl sites for hydroxylation is 1. The molecular weight excluding hydrogens is 238 g/mol. The number of fused-ring (bicyclic) bond motifs is 2. The van der Waals surface area contributed by atoms with Crippen LogP contribution in [0.1, 0.15) is 36.3 Å². The number of hydrogen-bond donors (Lipinski definition) is 0. The van der Waals surface area contributed by atoms with E-state index < -0.39 is 0 Å². The van der Waals surface area contributed by atoms with Gasteiger partial charge in [-0.1, -0.05) is 26.0 Å².